The summed E-state index contributed by atoms with van der Waals surface area (Å²) in [6, 6.07) is 1.70. The number of hydrogen-bond donors (Lipinski definition) is 2. The van der Waals surface area contributed by atoms with Gasteiger partial charge in [0.2, 0.25) is 0 Å². The molecule has 32 heavy (non-hydrogen) atoms. The Labute approximate surface area is 185 Å². The van der Waals surface area contributed by atoms with Crippen molar-refractivity contribution in [1.82, 2.24) is 10.6 Å². The lowest BCUT2D eigenvalue weighted by molar-refractivity contribution is -0.164. The maximum absolute atomic E-state index is 14.3. The van der Waals surface area contributed by atoms with E-state index >= 15 is 0 Å². The number of esters is 1. The first-order valence-electron chi connectivity index (χ1n) is 10.0. The minimum Gasteiger partial charge on any atom is -0.458 e. The van der Waals surface area contributed by atoms with Gasteiger partial charge < -0.3 is 14.8 Å². The van der Waals surface area contributed by atoms with Crippen LogP contribution in [0.5, 0.6) is 0 Å². The Balaban J connectivity index is 2.37. The lowest BCUT2D eigenvalue weighted by Crippen LogP contribution is -2.52. The molecule has 2 rings (SSSR count). The predicted molar refractivity (Wildman–Crippen MR) is 110 cm³/mol. The van der Waals surface area contributed by atoms with E-state index in [2.05, 4.69) is 5.32 Å². The number of halogens is 2. The Hall–Kier alpha value is -2.88. The van der Waals surface area contributed by atoms with Gasteiger partial charge in [0.15, 0.2) is 6.04 Å². The van der Waals surface area contributed by atoms with E-state index in [1.807, 2.05) is 0 Å². The van der Waals surface area contributed by atoms with Crippen LogP contribution in [0.15, 0.2) is 18.2 Å². The van der Waals surface area contributed by atoms with Crippen LogP contribution in [0.25, 0.3) is 0 Å². The van der Waals surface area contributed by atoms with Crippen molar-refractivity contribution in [3.8, 4) is 0 Å². The number of hydrogen-bond acceptors (Lipinski definition) is 6. The van der Waals surface area contributed by atoms with E-state index in [0.29, 0.717) is 0 Å². The molecular formula is C22H28F2N2O6. The van der Waals surface area contributed by atoms with Crippen LogP contribution in [0, 0.1) is 0 Å². The number of amides is 3. The van der Waals surface area contributed by atoms with Gasteiger partial charge in [0, 0.05) is 16.7 Å². The summed E-state index contributed by atoms with van der Waals surface area (Å²) in [6.07, 6.45) is -0.819. The SMILES string of the molecule is C[C@@H](OC(C)(C)C)[C@H](NC(=O)c1ccc2c(c1)C(F)(F)C(=O)NC2=O)C(=O)OC(C)(C)C. The first-order chi connectivity index (χ1) is 14.4. The quantitative estimate of drug-likeness (QED) is 0.523. The van der Waals surface area contributed by atoms with E-state index in [1.54, 1.807) is 53.8 Å². The molecule has 0 spiro atoms. The zero-order valence-electron chi connectivity index (χ0n) is 19.1. The van der Waals surface area contributed by atoms with E-state index in [9.17, 15) is 28.0 Å². The summed E-state index contributed by atoms with van der Waals surface area (Å²) in [5, 5.41) is 4.04. The van der Waals surface area contributed by atoms with Crippen LogP contribution in [0.2, 0.25) is 0 Å². The van der Waals surface area contributed by atoms with Crippen molar-refractivity contribution < 1.29 is 37.4 Å². The van der Waals surface area contributed by atoms with Crippen LogP contribution >= 0.6 is 0 Å². The van der Waals surface area contributed by atoms with Crippen molar-refractivity contribution >= 4 is 23.7 Å². The molecule has 0 bridgehead atoms. The summed E-state index contributed by atoms with van der Waals surface area (Å²) in [4.78, 5) is 49.0. The third-order valence-electron chi connectivity index (χ3n) is 4.33. The fraction of sp³-hybridized carbons (Fsp3) is 0.545. The molecule has 1 aliphatic heterocycles. The van der Waals surface area contributed by atoms with Gasteiger partial charge in [0.25, 0.3) is 11.8 Å². The van der Waals surface area contributed by atoms with Gasteiger partial charge in [-0.25, -0.2) is 4.79 Å². The highest BCUT2D eigenvalue weighted by molar-refractivity contribution is 6.12. The normalized spacial score (nSPS) is 17.7. The third-order valence-corrected chi connectivity index (χ3v) is 4.33. The molecule has 0 saturated carbocycles. The van der Waals surface area contributed by atoms with Crippen molar-refractivity contribution in [2.24, 2.45) is 0 Å². The summed E-state index contributed by atoms with van der Waals surface area (Å²) < 4.78 is 39.8. The Bertz CT molecular complexity index is 947. The molecular weight excluding hydrogens is 426 g/mol. The van der Waals surface area contributed by atoms with E-state index in [1.165, 1.54) is 0 Å². The average Bonchev–Trinajstić information content (AvgIpc) is 2.61. The highest BCUT2D eigenvalue weighted by Gasteiger charge is 2.48. The van der Waals surface area contributed by atoms with Crippen LogP contribution in [-0.2, 0) is 25.0 Å². The third kappa shape index (κ3) is 5.87. The van der Waals surface area contributed by atoms with Gasteiger partial charge in [-0.05, 0) is 66.7 Å². The Morgan fingerprint density at radius 1 is 1.06 bits per heavy atom. The topological polar surface area (TPSA) is 111 Å². The number of carbonyl (C=O) groups excluding carboxylic acids is 4. The highest BCUT2D eigenvalue weighted by Crippen LogP contribution is 2.34. The minimum atomic E-state index is -3.99. The van der Waals surface area contributed by atoms with Crippen molar-refractivity contribution in [3.05, 3.63) is 34.9 Å². The lowest BCUT2D eigenvalue weighted by atomic mass is 9.94. The molecule has 0 unspecified atom stereocenters. The van der Waals surface area contributed by atoms with Crippen LogP contribution in [0.3, 0.4) is 0 Å². The van der Waals surface area contributed by atoms with Crippen LogP contribution in [0.1, 0.15) is 74.7 Å². The van der Waals surface area contributed by atoms with Crippen molar-refractivity contribution in [2.45, 2.75) is 77.7 Å². The number of carbonyl (C=O) groups is 4. The van der Waals surface area contributed by atoms with Crippen molar-refractivity contribution in [3.63, 3.8) is 0 Å². The molecule has 0 aromatic heterocycles. The second-order valence-corrected chi connectivity index (χ2v) is 9.54. The van der Waals surface area contributed by atoms with Crippen LogP contribution in [0.4, 0.5) is 8.78 Å². The monoisotopic (exact) mass is 454 g/mol. The summed E-state index contributed by atoms with van der Waals surface area (Å²) >= 11 is 0. The predicted octanol–water partition coefficient (Wildman–Crippen LogP) is 2.69. The highest BCUT2D eigenvalue weighted by atomic mass is 19.3. The summed E-state index contributed by atoms with van der Waals surface area (Å²) in [5.41, 5.74) is -3.05. The fourth-order valence-electron chi connectivity index (χ4n) is 3.10. The smallest absolute Gasteiger partial charge is 0.351 e. The maximum Gasteiger partial charge on any atom is 0.351 e. The molecule has 1 aromatic rings. The van der Waals surface area contributed by atoms with Gasteiger partial charge >= 0.3 is 17.8 Å². The number of nitrogens with one attached hydrogen (secondary N) is 2. The molecule has 10 heteroatoms. The van der Waals surface area contributed by atoms with E-state index in [4.69, 9.17) is 9.47 Å². The Kier molecular flexibility index (Phi) is 6.80. The first-order valence-corrected chi connectivity index (χ1v) is 10.0. The molecule has 8 nitrogen and oxygen atoms in total. The van der Waals surface area contributed by atoms with E-state index < -0.39 is 64.1 Å². The molecule has 0 saturated heterocycles. The molecule has 2 atom stereocenters. The molecule has 176 valence electrons. The minimum absolute atomic E-state index is 0.262. The molecule has 2 N–H and O–H groups in total. The number of imide groups is 1. The maximum atomic E-state index is 14.3. The molecule has 0 fully saturated rings. The van der Waals surface area contributed by atoms with E-state index in [-0.39, 0.29) is 5.56 Å². The van der Waals surface area contributed by atoms with Gasteiger partial charge in [-0.15, -0.1) is 0 Å². The zero-order chi connectivity index (χ0) is 24.6. The average molecular weight is 454 g/mol. The Morgan fingerprint density at radius 2 is 1.66 bits per heavy atom. The van der Waals surface area contributed by atoms with Crippen LogP contribution < -0.4 is 10.6 Å². The van der Waals surface area contributed by atoms with Gasteiger partial charge in [-0.1, -0.05) is 0 Å². The first kappa shape index (κ1) is 25.4. The second-order valence-electron chi connectivity index (χ2n) is 9.54. The van der Waals surface area contributed by atoms with Gasteiger partial charge in [-0.2, -0.15) is 8.78 Å². The molecule has 3 amide bonds. The van der Waals surface area contributed by atoms with E-state index in [0.717, 1.165) is 18.2 Å². The van der Waals surface area contributed by atoms with Gasteiger partial charge in [0.05, 0.1) is 11.7 Å². The van der Waals surface area contributed by atoms with Gasteiger partial charge in [-0.3, -0.25) is 19.7 Å². The second kappa shape index (κ2) is 8.57. The summed E-state index contributed by atoms with van der Waals surface area (Å²) in [5.74, 6) is -8.39. The molecule has 1 aromatic carbocycles. The fourth-order valence-corrected chi connectivity index (χ4v) is 3.10. The number of benzene rings is 1. The number of ether oxygens (including phenoxy) is 2. The zero-order valence-corrected chi connectivity index (χ0v) is 19.1. The van der Waals surface area contributed by atoms with Crippen LogP contribution in [-0.4, -0.2) is 47.0 Å². The lowest BCUT2D eigenvalue weighted by Gasteiger charge is -2.32. The Morgan fingerprint density at radius 3 is 2.19 bits per heavy atom. The molecule has 1 aliphatic rings. The number of fused-ring (bicyclic) bond motifs is 1. The number of alkyl halides is 2. The molecule has 1 heterocycles. The number of rotatable bonds is 5. The van der Waals surface area contributed by atoms with Crippen molar-refractivity contribution in [2.75, 3.05) is 0 Å². The molecule has 0 radical (unpaired) electrons. The largest absolute Gasteiger partial charge is 0.458 e. The standard InChI is InChI=1S/C22H28F2N2O6/c1-11(31-20(2,3)4)15(18(29)32-21(5,6)7)25-16(27)12-8-9-13-14(10-12)22(23,24)19(30)26-17(13)28/h8-11,15H,1-7H3,(H,25,27)(H,26,28,30)/t11-,15+/m1/s1. The van der Waals surface area contributed by atoms with Gasteiger partial charge in [0.1, 0.15) is 5.60 Å². The summed E-state index contributed by atoms with van der Waals surface area (Å²) in [6.45, 7) is 11.9. The van der Waals surface area contributed by atoms with Crippen molar-refractivity contribution in [1.29, 1.82) is 0 Å². The molecule has 0 aliphatic carbocycles. The summed E-state index contributed by atoms with van der Waals surface area (Å²) in [7, 11) is 0.